The highest BCUT2D eigenvalue weighted by Crippen LogP contribution is 2.60. The van der Waals surface area contributed by atoms with E-state index in [0.29, 0.717) is 6.07 Å². The third kappa shape index (κ3) is 4.01. The minimum Gasteiger partial charge on any atom is -0.495 e. The van der Waals surface area contributed by atoms with Crippen LogP contribution in [0.4, 0.5) is 62.8 Å². The molecule has 0 saturated carbocycles. The molecule has 0 aliphatic heterocycles. The number of nitrogens with one attached hydrogen (secondary N) is 1. The largest absolute Gasteiger partial charge is 0.495 e. The number of carbonyl (C=O) groups excluding carboxylic acids is 1. The fourth-order valence-corrected chi connectivity index (χ4v) is 2.20. The number of amides is 1. The summed E-state index contributed by atoms with van der Waals surface area (Å²) in [5.74, 6) is -42.8. The number of aryl methyl sites for hydroxylation is 1. The topological polar surface area (TPSA) is 38.3 Å². The van der Waals surface area contributed by atoms with E-state index in [9.17, 15) is 61.9 Å². The molecular weight excluding hydrogens is 509 g/mol. The van der Waals surface area contributed by atoms with Gasteiger partial charge in [0.1, 0.15) is 5.75 Å². The highest BCUT2D eigenvalue weighted by Gasteiger charge is 2.91. The predicted molar refractivity (Wildman–Crippen MR) is 82.2 cm³/mol. The summed E-state index contributed by atoms with van der Waals surface area (Å²) in [7, 11) is 0.845. The molecule has 1 N–H and O–H groups in total. The van der Waals surface area contributed by atoms with Gasteiger partial charge in [-0.2, -0.15) is 57.1 Å². The van der Waals surface area contributed by atoms with Gasteiger partial charge in [0, 0.05) is 11.1 Å². The molecule has 0 saturated heterocycles. The highest BCUT2D eigenvalue weighted by atomic mass is 35.5. The van der Waals surface area contributed by atoms with Crippen molar-refractivity contribution in [2.24, 2.45) is 0 Å². The first-order valence-electron chi connectivity index (χ1n) is 7.62. The van der Waals surface area contributed by atoms with Crippen molar-refractivity contribution in [3.63, 3.8) is 0 Å². The molecule has 1 aromatic rings. The van der Waals surface area contributed by atoms with Crippen molar-refractivity contribution >= 4 is 23.2 Å². The minimum absolute atomic E-state index is 0.0282. The molecule has 0 heterocycles. The number of anilines is 1. The molecule has 184 valence electrons. The van der Waals surface area contributed by atoms with E-state index in [1.807, 2.05) is 0 Å². The quantitative estimate of drug-likeness (QED) is 0.429. The number of hydrogen-bond acceptors (Lipinski definition) is 2. The van der Waals surface area contributed by atoms with Crippen LogP contribution in [-0.4, -0.2) is 48.8 Å². The average molecular weight is 518 g/mol. The van der Waals surface area contributed by atoms with Crippen molar-refractivity contribution in [3.8, 4) is 5.75 Å². The highest BCUT2D eigenvalue weighted by molar-refractivity contribution is 6.31. The molecule has 0 aliphatic carbocycles. The first-order chi connectivity index (χ1) is 14.0. The molecule has 3 nitrogen and oxygen atoms in total. The lowest BCUT2D eigenvalue weighted by Gasteiger charge is -2.39. The zero-order chi connectivity index (χ0) is 25.7. The third-order valence-corrected chi connectivity index (χ3v) is 4.35. The molecule has 0 atom stereocenters. The number of methoxy groups -OCH3 is 1. The molecule has 0 spiro atoms. The van der Waals surface area contributed by atoms with Crippen molar-refractivity contribution < 1.29 is 66.6 Å². The molecular formula is C15H9ClF13NO2. The zero-order valence-corrected chi connectivity index (χ0v) is 16.0. The molecule has 0 aromatic heterocycles. The van der Waals surface area contributed by atoms with Gasteiger partial charge in [-0.25, -0.2) is 0 Å². The molecule has 1 aromatic carbocycles. The van der Waals surface area contributed by atoms with Crippen molar-refractivity contribution in [1.82, 2.24) is 0 Å². The summed E-state index contributed by atoms with van der Waals surface area (Å²) >= 11 is 5.65. The summed E-state index contributed by atoms with van der Waals surface area (Å²) in [6.07, 6.45) is -7.54. The van der Waals surface area contributed by atoms with E-state index in [4.69, 9.17) is 11.6 Å². The Hall–Kier alpha value is -2.13. The summed E-state index contributed by atoms with van der Waals surface area (Å²) in [5, 5.41) is 0.801. The Morgan fingerprint density at radius 3 is 1.66 bits per heavy atom. The number of ether oxygens (including phenoxy) is 1. The van der Waals surface area contributed by atoms with Crippen molar-refractivity contribution in [2.75, 3.05) is 12.4 Å². The van der Waals surface area contributed by atoms with Crippen molar-refractivity contribution in [2.45, 2.75) is 42.7 Å². The van der Waals surface area contributed by atoms with Gasteiger partial charge in [0.05, 0.1) is 12.8 Å². The lowest BCUT2D eigenvalue weighted by Crippen LogP contribution is -2.71. The van der Waals surface area contributed by atoms with Crippen LogP contribution >= 0.6 is 11.6 Å². The predicted octanol–water partition coefficient (Wildman–Crippen LogP) is 6.33. The summed E-state index contributed by atoms with van der Waals surface area (Å²) in [6, 6.07) is 1.52. The maximum atomic E-state index is 13.8. The fraction of sp³-hybridized carbons (Fsp3) is 0.533. The first kappa shape index (κ1) is 27.9. The smallest absolute Gasteiger partial charge is 0.460 e. The SMILES string of the molecule is COc1cc(Cl)c(C)cc1NC(=O)C(F)(F)C(F)(F)C(F)(F)C(F)(F)C(F)(F)C(F)(F)F. The van der Waals surface area contributed by atoms with E-state index in [2.05, 4.69) is 4.74 Å². The number of halogens is 14. The van der Waals surface area contributed by atoms with Crippen molar-refractivity contribution in [3.05, 3.63) is 22.7 Å². The van der Waals surface area contributed by atoms with Gasteiger partial charge in [0.25, 0.3) is 0 Å². The summed E-state index contributed by atoms with van der Waals surface area (Å²) < 4.78 is 175. The summed E-state index contributed by atoms with van der Waals surface area (Å²) in [5.41, 5.74) is -0.954. The molecule has 1 amide bonds. The Morgan fingerprint density at radius 2 is 1.25 bits per heavy atom. The van der Waals surface area contributed by atoms with E-state index in [-0.39, 0.29) is 10.6 Å². The standard InChI is InChI=1S/C15H9ClF13NO2/c1-5-3-7(8(32-2)4-6(5)16)30-9(31)10(17,18)11(19,20)12(21,22)13(23,24)14(25,26)15(27,28)29/h3-4H,1-2H3,(H,30,31). The Kier molecular flexibility index (Phi) is 7.00. The molecule has 0 bridgehead atoms. The van der Waals surface area contributed by atoms with E-state index < -0.39 is 53.1 Å². The van der Waals surface area contributed by atoms with Gasteiger partial charge in [-0.3, -0.25) is 4.79 Å². The lowest BCUT2D eigenvalue weighted by atomic mass is 9.93. The normalized spacial score (nSPS) is 14.4. The number of hydrogen-bond donors (Lipinski definition) is 1. The Bertz CT molecular complexity index is 883. The van der Waals surface area contributed by atoms with Crippen LogP contribution in [0.1, 0.15) is 5.56 Å². The number of alkyl halides is 13. The van der Waals surface area contributed by atoms with Gasteiger partial charge in [-0.1, -0.05) is 11.6 Å². The van der Waals surface area contributed by atoms with Gasteiger partial charge in [-0.05, 0) is 18.6 Å². The lowest BCUT2D eigenvalue weighted by molar-refractivity contribution is -0.435. The molecule has 32 heavy (non-hydrogen) atoms. The Balaban J connectivity index is 3.49. The third-order valence-electron chi connectivity index (χ3n) is 3.95. The van der Waals surface area contributed by atoms with Crippen LogP contribution in [0.15, 0.2) is 12.1 Å². The summed E-state index contributed by atoms with van der Waals surface area (Å²) in [4.78, 5) is 11.5. The molecule has 1 rings (SSSR count). The number of rotatable bonds is 7. The van der Waals surface area contributed by atoms with Crippen molar-refractivity contribution in [1.29, 1.82) is 0 Å². The van der Waals surface area contributed by atoms with Gasteiger partial charge < -0.3 is 10.1 Å². The Labute approximate surface area is 174 Å². The van der Waals surface area contributed by atoms with E-state index in [0.717, 1.165) is 18.5 Å². The second kappa shape index (κ2) is 8.02. The van der Waals surface area contributed by atoms with Crippen LogP contribution in [0.5, 0.6) is 5.75 Å². The van der Waals surface area contributed by atoms with Gasteiger partial charge in [-0.15, -0.1) is 0 Å². The van der Waals surface area contributed by atoms with Crippen LogP contribution < -0.4 is 10.1 Å². The van der Waals surface area contributed by atoms with Gasteiger partial charge in [0.15, 0.2) is 0 Å². The molecule has 0 unspecified atom stereocenters. The zero-order valence-electron chi connectivity index (χ0n) is 15.3. The van der Waals surface area contributed by atoms with E-state index in [1.54, 1.807) is 0 Å². The maximum absolute atomic E-state index is 13.8. The fourth-order valence-electron chi connectivity index (χ4n) is 2.04. The number of carbonyl (C=O) groups is 1. The second-order valence-corrected chi connectivity index (χ2v) is 6.53. The van der Waals surface area contributed by atoms with Gasteiger partial charge >= 0.3 is 41.7 Å². The molecule has 17 heteroatoms. The van der Waals surface area contributed by atoms with Crippen LogP contribution in [0.3, 0.4) is 0 Å². The Morgan fingerprint density at radius 1 is 0.812 bits per heavy atom. The van der Waals surface area contributed by atoms with E-state index >= 15 is 0 Å². The molecule has 0 aliphatic rings. The van der Waals surface area contributed by atoms with Gasteiger partial charge in [0.2, 0.25) is 0 Å². The monoisotopic (exact) mass is 517 g/mol. The van der Waals surface area contributed by atoms with Crippen LogP contribution in [0, 0.1) is 6.92 Å². The average Bonchev–Trinajstić information content (AvgIpc) is 2.62. The van der Waals surface area contributed by atoms with Crippen LogP contribution in [0.25, 0.3) is 0 Å². The number of benzene rings is 1. The van der Waals surface area contributed by atoms with Crippen LogP contribution in [-0.2, 0) is 4.79 Å². The minimum atomic E-state index is -8.10. The van der Waals surface area contributed by atoms with Crippen LogP contribution in [0.2, 0.25) is 5.02 Å². The molecule has 0 radical (unpaired) electrons. The first-order valence-corrected chi connectivity index (χ1v) is 7.99. The second-order valence-electron chi connectivity index (χ2n) is 6.13. The van der Waals surface area contributed by atoms with E-state index in [1.165, 1.54) is 6.92 Å². The molecule has 0 fully saturated rings. The maximum Gasteiger partial charge on any atom is 0.460 e. The summed E-state index contributed by atoms with van der Waals surface area (Å²) in [6.45, 7) is 1.18.